The molecule has 1 atom stereocenters. The van der Waals surface area contributed by atoms with Crippen LogP contribution in [0.2, 0.25) is 0 Å². The van der Waals surface area contributed by atoms with Crippen LogP contribution in [-0.2, 0) is 19.3 Å². The summed E-state index contributed by atoms with van der Waals surface area (Å²) in [6, 6.07) is 7.38. The van der Waals surface area contributed by atoms with Crippen molar-refractivity contribution in [2.75, 3.05) is 33.2 Å². The lowest BCUT2D eigenvalue weighted by Crippen LogP contribution is -2.48. The molecular formula is C20H29N5. The quantitative estimate of drug-likeness (QED) is 0.838. The minimum absolute atomic E-state index is 0.596. The molecule has 0 saturated carbocycles. The predicted octanol–water partition coefficient (Wildman–Crippen LogP) is 2.32. The fraction of sp³-hybridized carbons (Fsp3) is 0.600. The first kappa shape index (κ1) is 16.7. The SMILES string of the molecule is CC(CCc1ncnn1-c1ccc2c(c1)CCC2)N1CCN(C)CC1. The number of rotatable bonds is 5. The molecule has 0 spiro atoms. The summed E-state index contributed by atoms with van der Waals surface area (Å²) >= 11 is 0. The van der Waals surface area contributed by atoms with Crippen molar-refractivity contribution in [2.45, 2.75) is 45.1 Å². The fourth-order valence-corrected chi connectivity index (χ4v) is 4.12. The molecule has 0 amide bonds. The number of aromatic nitrogens is 3. The van der Waals surface area contributed by atoms with Crippen molar-refractivity contribution >= 4 is 0 Å². The topological polar surface area (TPSA) is 37.2 Å². The minimum Gasteiger partial charge on any atom is -0.304 e. The molecule has 4 rings (SSSR count). The second-order valence-electron chi connectivity index (χ2n) is 7.62. The van der Waals surface area contributed by atoms with Crippen LogP contribution in [0.1, 0.15) is 36.7 Å². The number of hydrogen-bond acceptors (Lipinski definition) is 4. The molecule has 0 N–H and O–H groups in total. The van der Waals surface area contributed by atoms with Gasteiger partial charge in [0.15, 0.2) is 0 Å². The highest BCUT2D eigenvalue weighted by molar-refractivity contribution is 5.42. The molecule has 2 heterocycles. The average molecular weight is 339 g/mol. The van der Waals surface area contributed by atoms with Crippen molar-refractivity contribution in [2.24, 2.45) is 0 Å². The monoisotopic (exact) mass is 339 g/mol. The summed E-state index contributed by atoms with van der Waals surface area (Å²) in [5, 5.41) is 4.50. The molecule has 5 nitrogen and oxygen atoms in total. The lowest BCUT2D eigenvalue weighted by molar-refractivity contribution is 0.114. The van der Waals surface area contributed by atoms with Crippen molar-refractivity contribution < 1.29 is 0 Å². The Hall–Kier alpha value is -1.72. The van der Waals surface area contributed by atoms with E-state index in [1.54, 1.807) is 6.33 Å². The fourth-order valence-electron chi connectivity index (χ4n) is 4.12. The van der Waals surface area contributed by atoms with Crippen LogP contribution < -0.4 is 0 Å². The van der Waals surface area contributed by atoms with E-state index in [9.17, 15) is 0 Å². The van der Waals surface area contributed by atoms with Crippen LogP contribution in [-0.4, -0.2) is 63.8 Å². The average Bonchev–Trinajstić information content (AvgIpc) is 3.28. The van der Waals surface area contributed by atoms with E-state index in [-0.39, 0.29) is 0 Å². The van der Waals surface area contributed by atoms with E-state index in [4.69, 9.17) is 0 Å². The summed E-state index contributed by atoms with van der Waals surface area (Å²) in [5.41, 5.74) is 4.17. The molecule has 1 aliphatic carbocycles. The summed E-state index contributed by atoms with van der Waals surface area (Å²) in [5.74, 6) is 1.08. The van der Waals surface area contributed by atoms with E-state index in [0.29, 0.717) is 6.04 Å². The number of likely N-dealkylation sites (N-methyl/N-ethyl adjacent to an activating group) is 1. The van der Waals surface area contributed by atoms with Crippen molar-refractivity contribution in [3.63, 3.8) is 0 Å². The molecule has 1 aromatic carbocycles. The van der Waals surface area contributed by atoms with Crippen molar-refractivity contribution in [3.8, 4) is 5.69 Å². The highest BCUT2D eigenvalue weighted by Gasteiger charge is 2.20. The third-order valence-electron chi connectivity index (χ3n) is 5.89. The van der Waals surface area contributed by atoms with Gasteiger partial charge >= 0.3 is 0 Å². The molecular weight excluding hydrogens is 310 g/mol. The Morgan fingerprint density at radius 3 is 2.72 bits per heavy atom. The van der Waals surface area contributed by atoms with Gasteiger partial charge in [-0.1, -0.05) is 6.07 Å². The maximum Gasteiger partial charge on any atom is 0.138 e. The van der Waals surface area contributed by atoms with E-state index < -0.39 is 0 Å². The van der Waals surface area contributed by atoms with E-state index in [0.717, 1.165) is 18.7 Å². The molecule has 1 unspecified atom stereocenters. The number of benzene rings is 1. The third-order valence-corrected chi connectivity index (χ3v) is 5.89. The summed E-state index contributed by atoms with van der Waals surface area (Å²) in [6.07, 6.45) is 7.52. The third kappa shape index (κ3) is 3.62. The highest BCUT2D eigenvalue weighted by Crippen LogP contribution is 2.24. The largest absolute Gasteiger partial charge is 0.304 e. The number of hydrogen-bond donors (Lipinski definition) is 0. The van der Waals surface area contributed by atoms with E-state index >= 15 is 0 Å². The standard InChI is InChI=1S/C20H29N5/c1-16(24-12-10-23(2)11-13-24)6-9-20-21-15-22-25(20)19-8-7-17-4-3-5-18(17)14-19/h7-8,14-16H,3-6,9-13H2,1-2H3. The molecule has 1 fully saturated rings. The molecule has 1 aromatic heterocycles. The minimum atomic E-state index is 0.596. The zero-order valence-corrected chi connectivity index (χ0v) is 15.5. The maximum atomic E-state index is 4.54. The van der Waals surface area contributed by atoms with Gasteiger partial charge < -0.3 is 4.90 Å². The van der Waals surface area contributed by atoms with Gasteiger partial charge in [0.2, 0.25) is 0 Å². The van der Waals surface area contributed by atoms with E-state index in [1.807, 2.05) is 4.68 Å². The zero-order chi connectivity index (χ0) is 17.2. The smallest absolute Gasteiger partial charge is 0.138 e. The summed E-state index contributed by atoms with van der Waals surface area (Å²) in [7, 11) is 2.21. The Morgan fingerprint density at radius 2 is 1.88 bits per heavy atom. The first-order valence-corrected chi connectivity index (χ1v) is 9.64. The number of nitrogens with zero attached hydrogens (tertiary/aromatic N) is 5. The summed E-state index contributed by atoms with van der Waals surface area (Å²) in [6.45, 7) is 7.05. The Labute approximate surface area is 150 Å². The molecule has 2 aromatic rings. The van der Waals surface area contributed by atoms with E-state index in [2.05, 4.69) is 52.1 Å². The summed E-state index contributed by atoms with van der Waals surface area (Å²) in [4.78, 5) is 9.56. The number of fused-ring (bicyclic) bond motifs is 1. The zero-order valence-electron chi connectivity index (χ0n) is 15.5. The first-order chi connectivity index (χ1) is 12.2. The first-order valence-electron chi connectivity index (χ1n) is 9.64. The number of aryl methyl sites for hydroxylation is 3. The molecule has 5 heteroatoms. The van der Waals surface area contributed by atoms with Gasteiger partial charge in [-0.25, -0.2) is 9.67 Å². The number of piperazine rings is 1. The summed E-state index contributed by atoms with van der Waals surface area (Å²) < 4.78 is 2.04. The molecule has 0 bridgehead atoms. The second kappa shape index (κ2) is 7.26. The second-order valence-corrected chi connectivity index (χ2v) is 7.62. The van der Waals surface area contributed by atoms with Crippen LogP contribution >= 0.6 is 0 Å². The lowest BCUT2D eigenvalue weighted by atomic mass is 10.1. The van der Waals surface area contributed by atoms with Crippen LogP contribution in [0.4, 0.5) is 0 Å². The molecule has 25 heavy (non-hydrogen) atoms. The normalized spacial score (nSPS) is 19.9. The van der Waals surface area contributed by atoms with Crippen LogP contribution in [0.25, 0.3) is 5.69 Å². The molecule has 0 radical (unpaired) electrons. The van der Waals surface area contributed by atoms with Gasteiger partial charge in [-0.05, 0) is 62.9 Å². The van der Waals surface area contributed by atoms with E-state index in [1.165, 1.54) is 62.3 Å². The Kier molecular flexibility index (Phi) is 4.86. The van der Waals surface area contributed by atoms with Crippen molar-refractivity contribution in [3.05, 3.63) is 41.5 Å². The molecule has 1 aliphatic heterocycles. The molecule has 1 saturated heterocycles. The van der Waals surface area contributed by atoms with Crippen molar-refractivity contribution in [1.82, 2.24) is 24.6 Å². The highest BCUT2D eigenvalue weighted by atomic mass is 15.3. The van der Waals surface area contributed by atoms with Crippen LogP contribution in [0.15, 0.2) is 24.5 Å². The Morgan fingerprint density at radius 1 is 1.08 bits per heavy atom. The maximum absolute atomic E-state index is 4.54. The van der Waals surface area contributed by atoms with Gasteiger partial charge in [-0.15, -0.1) is 0 Å². The molecule has 134 valence electrons. The predicted molar refractivity (Wildman–Crippen MR) is 100 cm³/mol. The van der Waals surface area contributed by atoms with Gasteiger partial charge in [0.1, 0.15) is 12.2 Å². The van der Waals surface area contributed by atoms with Crippen molar-refractivity contribution in [1.29, 1.82) is 0 Å². The van der Waals surface area contributed by atoms with Crippen LogP contribution in [0.5, 0.6) is 0 Å². The van der Waals surface area contributed by atoms with Gasteiger partial charge in [0.05, 0.1) is 5.69 Å². The van der Waals surface area contributed by atoms with Crippen LogP contribution in [0.3, 0.4) is 0 Å². The van der Waals surface area contributed by atoms with Gasteiger partial charge in [-0.3, -0.25) is 4.90 Å². The Bertz CT molecular complexity index is 715. The van der Waals surface area contributed by atoms with Gasteiger partial charge in [0, 0.05) is 38.6 Å². The molecule has 2 aliphatic rings. The van der Waals surface area contributed by atoms with Gasteiger partial charge in [-0.2, -0.15) is 5.10 Å². The van der Waals surface area contributed by atoms with Crippen LogP contribution in [0, 0.1) is 0 Å². The van der Waals surface area contributed by atoms with Gasteiger partial charge in [0.25, 0.3) is 0 Å². The Balaban J connectivity index is 1.42. The lowest BCUT2D eigenvalue weighted by Gasteiger charge is -2.36.